The van der Waals surface area contributed by atoms with Crippen LogP contribution in [0, 0.1) is 11.3 Å². The van der Waals surface area contributed by atoms with Crippen molar-refractivity contribution in [1.82, 2.24) is 0 Å². The molecule has 3 nitrogen and oxygen atoms in total. The zero-order valence-electron chi connectivity index (χ0n) is 6.57. The molecule has 1 rings (SSSR count). The fourth-order valence-electron chi connectivity index (χ4n) is 0.804. The minimum Gasteiger partial charge on any atom is -0.495 e. The first-order valence-electron chi connectivity index (χ1n) is 3.26. The SMILES string of the molecule is COc1ccsc1/C(N)=C/C#N. The molecule has 4 heteroatoms. The second-order valence-electron chi connectivity index (χ2n) is 2.05. The van der Waals surface area contributed by atoms with Gasteiger partial charge in [0.15, 0.2) is 0 Å². The topological polar surface area (TPSA) is 59.0 Å². The Kier molecular flexibility index (Phi) is 2.72. The first-order chi connectivity index (χ1) is 5.79. The molecule has 62 valence electrons. The number of allylic oxidation sites excluding steroid dienone is 1. The van der Waals surface area contributed by atoms with Crippen molar-refractivity contribution in [3.05, 3.63) is 22.4 Å². The van der Waals surface area contributed by atoms with E-state index in [1.54, 1.807) is 7.11 Å². The number of nitriles is 1. The maximum Gasteiger partial charge on any atom is 0.138 e. The summed E-state index contributed by atoms with van der Waals surface area (Å²) in [7, 11) is 1.57. The van der Waals surface area contributed by atoms with Crippen LogP contribution >= 0.6 is 11.3 Å². The monoisotopic (exact) mass is 180 g/mol. The Morgan fingerprint density at radius 3 is 3.17 bits per heavy atom. The number of nitrogens with zero attached hydrogens (tertiary/aromatic N) is 1. The molecule has 2 N–H and O–H groups in total. The molecule has 0 spiro atoms. The van der Waals surface area contributed by atoms with E-state index in [2.05, 4.69) is 0 Å². The lowest BCUT2D eigenvalue weighted by molar-refractivity contribution is 0.415. The quantitative estimate of drug-likeness (QED) is 0.703. The smallest absolute Gasteiger partial charge is 0.138 e. The Hall–Kier alpha value is -1.47. The third kappa shape index (κ3) is 1.57. The number of rotatable bonds is 2. The molecule has 12 heavy (non-hydrogen) atoms. The molecule has 0 saturated heterocycles. The van der Waals surface area contributed by atoms with Gasteiger partial charge in [-0.1, -0.05) is 0 Å². The largest absolute Gasteiger partial charge is 0.495 e. The van der Waals surface area contributed by atoms with Crippen LogP contribution in [0.15, 0.2) is 17.5 Å². The summed E-state index contributed by atoms with van der Waals surface area (Å²) in [6, 6.07) is 3.69. The van der Waals surface area contributed by atoms with Crippen molar-refractivity contribution < 1.29 is 4.74 Å². The lowest BCUT2D eigenvalue weighted by Crippen LogP contribution is -1.95. The molecule has 0 aliphatic carbocycles. The van der Waals surface area contributed by atoms with Crippen molar-refractivity contribution >= 4 is 17.0 Å². The number of hydrogen-bond acceptors (Lipinski definition) is 4. The maximum absolute atomic E-state index is 8.36. The molecule has 0 fully saturated rings. The van der Waals surface area contributed by atoms with Gasteiger partial charge < -0.3 is 10.5 Å². The molecular formula is C8H8N2OS. The van der Waals surface area contributed by atoms with Gasteiger partial charge in [-0.05, 0) is 11.4 Å². The fourth-order valence-corrected chi connectivity index (χ4v) is 1.59. The van der Waals surface area contributed by atoms with Crippen molar-refractivity contribution in [2.75, 3.05) is 7.11 Å². The fraction of sp³-hybridized carbons (Fsp3) is 0.125. The molecule has 0 amide bonds. The zero-order valence-corrected chi connectivity index (χ0v) is 7.39. The van der Waals surface area contributed by atoms with E-state index in [9.17, 15) is 0 Å². The van der Waals surface area contributed by atoms with Gasteiger partial charge in [-0.15, -0.1) is 11.3 Å². The predicted octanol–water partition coefficient (Wildman–Crippen LogP) is 1.58. The van der Waals surface area contributed by atoms with Gasteiger partial charge in [-0.25, -0.2) is 0 Å². The van der Waals surface area contributed by atoms with Gasteiger partial charge in [0.05, 0.1) is 23.8 Å². The van der Waals surface area contributed by atoms with E-state index < -0.39 is 0 Å². The van der Waals surface area contributed by atoms with Gasteiger partial charge in [0.25, 0.3) is 0 Å². The minimum absolute atomic E-state index is 0.448. The lowest BCUT2D eigenvalue weighted by Gasteiger charge is -1.99. The van der Waals surface area contributed by atoms with Crippen molar-refractivity contribution in [2.24, 2.45) is 5.73 Å². The van der Waals surface area contributed by atoms with Gasteiger partial charge in [0, 0.05) is 6.08 Å². The summed E-state index contributed by atoms with van der Waals surface area (Å²) in [6.07, 6.45) is 1.30. The van der Waals surface area contributed by atoms with Crippen LogP contribution in [0.5, 0.6) is 5.75 Å². The second-order valence-corrected chi connectivity index (χ2v) is 2.96. The van der Waals surface area contributed by atoms with E-state index in [1.807, 2.05) is 17.5 Å². The van der Waals surface area contributed by atoms with Crippen LogP contribution < -0.4 is 10.5 Å². The highest BCUT2D eigenvalue weighted by atomic mass is 32.1. The molecule has 1 aromatic rings. The molecule has 0 unspecified atom stereocenters. The third-order valence-corrected chi connectivity index (χ3v) is 2.28. The third-order valence-electron chi connectivity index (χ3n) is 1.33. The van der Waals surface area contributed by atoms with E-state index in [-0.39, 0.29) is 0 Å². The van der Waals surface area contributed by atoms with Gasteiger partial charge >= 0.3 is 0 Å². The summed E-state index contributed by atoms with van der Waals surface area (Å²) in [5, 5.41) is 10.2. The summed E-state index contributed by atoms with van der Waals surface area (Å²) in [6.45, 7) is 0. The Bertz CT molecular complexity index is 335. The standard InChI is InChI=1S/C8H8N2OS/c1-11-7-3-5-12-8(7)6(10)2-4-9/h2-3,5H,10H2,1H3/b6-2-. The normalized spacial score (nSPS) is 10.8. The van der Waals surface area contributed by atoms with Gasteiger partial charge in [0.1, 0.15) is 5.75 Å². The average molecular weight is 180 g/mol. The zero-order chi connectivity index (χ0) is 8.97. The minimum atomic E-state index is 0.448. The first kappa shape index (κ1) is 8.62. The van der Waals surface area contributed by atoms with Crippen molar-refractivity contribution in [1.29, 1.82) is 5.26 Å². The van der Waals surface area contributed by atoms with E-state index in [4.69, 9.17) is 15.7 Å². The van der Waals surface area contributed by atoms with E-state index in [0.29, 0.717) is 11.4 Å². The Labute approximate surface area is 74.7 Å². The summed E-state index contributed by atoms with van der Waals surface area (Å²) in [5.41, 5.74) is 6.04. The highest BCUT2D eigenvalue weighted by Crippen LogP contribution is 2.28. The van der Waals surface area contributed by atoms with Crippen LogP contribution in [-0.2, 0) is 0 Å². The average Bonchev–Trinajstić information content (AvgIpc) is 2.51. The Morgan fingerprint density at radius 1 is 1.83 bits per heavy atom. The molecular weight excluding hydrogens is 172 g/mol. The van der Waals surface area contributed by atoms with Gasteiger partial charge in [-0.3, -0.25) is 0 Å². The summed E-state index contributed by atoms with van der Waals surface area (Å²) < 4.78 is 5.03. The summed E-state index contributed by atoms with van der Waals surface area (Å²) in [5.74, 6) is 0.712. The van der Waals surface area contributed by atoms with Crippen LogP contribution in [0.3, 0.4) is 0 Å². The molecule has 1 aromatic heterocycles. The molecule has 0 bridgehead atoms. The van der Waals surface area contributed by atoms with Crippen molar-refractivity contribution in [3.8, 4) is 11.8 Å². The van der Waals surface area contributed by atoms with Crippen LogP contribution in [0.1, 0.15) is 4.88 Å². The van der Waals surface area contributed by atoms with Gasteiger partial charge in [-0.2, -0.15) is 5.26 Å². The van der Waals surface area contributed by atoms with E-state index in [1.165, 1.54) is 17.4 Å². The van der Waals surface area contributed by atoms with Crippen molar-refractivity contribution in [3.63, 3.8) is 0 Å². The molecule has 0 aliphatic heterocycles. The van der Waals surface area contributed by atoms with Gasteiger partial charge in [0.2, 0.25) is 0 Å². The number of nitrogens with two attached hydrogens (primary N) is 1. The highest BCUT2D eigenvalue weighted by molar-refractivity contribution is 7.11. The predicted molar refractivity (Wildman–Crippen MR) is 48.6 cm³/mol. The van der Waals surface area contributed by atoms with Crippen LogP contribution in [-0.4, -0.2) is 7.11 Å². The molecule has 0 aliphatic rings. The Balaban J connectivity index is 3.03. The molecule has 0 radical (unpaired) electrons. The molecule has 0 saturated carbocycles. The number of hydrogen-bond donors (Lipinski definition) is 1. The maximum atomic E-state index is 8.36. The van der Waals surface area contributed by atoms with Crippen LogP contribution in [0.4, 0.5) is 0 Å². The summed E-state index contributed by atoms with van der Waals surface area (Å²) in [4.78, 5) is 0.805. The molecule has 1 heterocycles. The number of methoxy groups -OCH3 is 1. The van der Waals surface area contributed by atoms with E-state index >= 15 is 0 Å². The Morgan fingerprint density at radius 2 is 2.58 bits per heavy atom. The van der Waals surface area contributed by atoms with E-state index in [0.717, 1.165) is 4.88 Å². The molecule has 0 aromatic carbocycles. The highest BCUT2D eigenvalue weighted by Gasteiger charge is 2.05. The molecule has 0 atom stereocenters. The van der Waals surface area contributed by atoms with Crippen molar-refractivity contribution in [2.45, 2.75) is 0 Å². The first-order valence-corrected chi connectivity index (χ1v) is 4.14. The number of thiophene rings is 1. The van der Waals surface area contributed by atoms with Crippen LogP contribution in [0.25, 0.3) is 5.70 Å². The lowest BCUT2D eigenvalue weighted by atomic mass is 10.3. The summed E-state index contributed by atoms with van der Waals surface area (Å²) >= 11 is 1.45. The number of ether oxygens (including phenoxy) is 1. The second kappa shape index (κ2) is 3.79. The van der Waals surface area contributed by atoms with Crippen LogP contribution in [0.2, 0.25) is 0 Å².